The summed E-state index contributed by atoms with van der Waals surface area (Å²) in [6.07, 6.45) is 11.1. The number of hydrogen-bond donors (Lipinski definition) is 1. The van der Waals surface area contributed by atoms with Crippen molar-refractivity contribution in [2.24, 2.45) is 5.92 Å². The molecule has 3 rings (SSSR count). The van der Waals surface area contributed by atoms with Crippen molar-refractivity contribution in [2.75, 3.05) is 6.54 Å². The maximum absolute atomic E-state index is 3.77. The van der Waals surface area contributed by atoms with E-state index < -0.39 is 0 Å². The van der Waals surface area contributed by atoms with Crippen LogP contribution in [0.25, 0.3) is 0 Å². The Morgan fingerprint density at radius 3 is 2.94 bits per heavy atom. The lowest BCUT2D eigenvalue weighted by Crippen LogP contribution is -2.26. The lowest BCUT2D eigenvalue weighted by Gasteiger charge is -2.21. The van der Waals surface area contributed by atoms with Gasteiger partial charge in [-0.3, -0.25) is 0 Å². The third-order valence-corrected chi connectivity index (χ3v) is 4.16. The number of nitrogens with one attached hydrogen (secondary N) is 1. The van der Waals surface area contributed by atoms with Crippen molar-refractivity contribution in [3.05, 3.63) is 47.5 Å². The summed E-state index contributed by atoms with van der Waals surface area (Å²) in [5.74, 6) is 0.854. The predicted molar refractivity (Wildman–Crippen MR) is 72.0 cm³/mol. The molecule has 1 aromatic carbocycles. The van der Waals surface area contributed by atoms with Crippen molar-refractivity contribution in [1.82, 2.24) is 5.32 Å². The van der Waals surface area contributed by atoms with Gasteiger partial charge in [-0.1, -0.05) is 36.4 Å². The van der Waals surface area contributed by atoms with E-state index in [1.54, 1.807) is 11.1 Å². The fourth-order valence-electron chi connectivity index (χ4n) is 3.12. The monoisotopic (exact) mass is 227 g/mol. The van der Waals surface area contributed by atoms with Gasteiger partial charge in [-0.15, -0.1) is 0 Å². The van der Waals surface area contributed by atoms with Crippen LogP contribution in [0.3, 0.4) is 0 Å². The lowest BCUT2D eigenvalue weighted by atomic mass is 9.94. The Bertz CT molecular complexity index is 408. The summed E-state index contributed by atoms with van der Waals surface area (Å²) in [6.45, 7) is 1.18. The van der Waals surface area contributed by atoms with Crippen LogP contribution in [0.5, 0.6) is 0 Å². The molecule has 0 saturated carbocycles. The van der Waals surface area contributed by atoms with E-state index in [1.807, 2.05) is 0 Å². The molecule has 0 saturated heterocycles. The van der Waals surface area contributed by atoms with Gasteiger partial charge in [0.2, 0.25) is 0 Å². The van der Waals surface area contributed by atoms with Crippen LogP contribution in [-0.2, 0) is 6.42 Å². The van der Waals surface area contributed by atoms with Gasteiger partial charge in [0.25, 0.3) is 0 Å². The highest BCUT2D eigenvalue weighted by Gasteiger charge is 2.22. The van der Waals surface area contributed by atoms with E-state index in [4.69, 9.17) is 0 Å². The van der Waals surface area contributed by atoms with E-state index in [1.165, 1.54) is 38.6 Å². The Balaban J connectivity index is 1.58. The largest absolute Gasteiger partial charge is 0.310 e. The normalized spacial score (nSPS) is 27.1. The van der Waals surface area contributed by atoms with Crippen LogP contribution in [0.15, 0.2) is 36.4 Å². The summed E-state index contributed by atoms with van der Waals surface area (Å²) >= 11 is 0. The van der Waals surface area contributed by atoms with Gasteiger partial charge in [-0.2, -0.15) is 0 Å². The highest BCUT2D eigenvalue weighted by atomic mass is 14.9. The van der Waals surface area contributed by atoms with Crippen molar-refractivity contribution < 1.29 is 0 Å². The summed E-state index contributed by atoms with van der Waals surface area (Å²) in [5.41, 5.74) is 3.09. The van der Waals surface area contributed by atoms with Crippen molar-refractivity contribution in [2.45, 2.75) is 38.1 Å². The second-order valence-corrected chi connectivity index (χ2v) is 5.35. The molecule has 1 aromatic rings. The predicted octanol–water partition coefficient (Wildman–Crippen LogP) is 3.62. The average Bonchev–Trinajstić information content (AvgIpc) is 2.81. The molecule has 1 N–H and O–H groups in total. The second-order valence-electron chi connectivity index (χ2n) is 5.35. The van der Waals surface area contributed by atoms with Gasteiger partial charge < -0.3 is 5.32 Å². The third kappa shape index (κ3) is 2.44. The number of rotatable bonds is 3. The average molecular weight is 227 g/mol. The number of benzene rings is 1. The maximum Gasteiger partial charge on any atom is 0.0326 e. The third-order valence-electron chi connectivity index (χ3n) is 4.16. The summed E-state index contributed by atoms with van der Waals surface area (Å²) in [5, 5.41) is 3.77. The van der Waals surface area contributed by atoms with Gasteiger partial charge in [0, 0.05) is 6.04 Å². The number of fused-ring (bicyclic) bond motifs is 1. The molecule has 0 bridgehead atoms. The molecule has 90 valence electrons. The van der Waals surface area contributed by atoms with E-state index >= 15 is 0 Å². The standard InChI is InChI=1S/C16H21N/c1-2-6-13(7-3-1)12-17-16-11-10-14-8-4-5-9-15(14)16/h1-2,4-5,8-9,13,16-17H,3,6-7,10-12H2. The van der Waals surface area contributed by atoms with Gasteiger partial charge in [0.15, 0.2) is 0 Å². The van der Waals surface area contributed by atoms with Gasteiger partial charge in [0.05, 0.1) is 0 Å². The van der Waals surface area contributed by atoms with E-state index in [2.05, 4.69) is 41.7 Å². The molecule has 0 aliphatic heterocycles. The first-order valence-corrected chi connectivity index (χ1v) is 6.89. The Morgan fingerprint density at radius 1 is 1.12 bits per heavy atom. The highest BCUT2D eigenvalue weighted by molar-refractivity contribution is 5.34. The van der Waals surface area contributed by atoms with Crippen LogP contribution in [0.4, 0.5) is 0 Å². The summed E-state index contributed by atoms with van der Waals surface area (Å²) < 4.78 is 0. The molecule has 0 amide bonds. The fraction of sp³-hybridized carbons (Fsp3) is 0.500. The topological polar surface area (TPSA) is 12.0 Å². The Kier molecular flexibility index (Phi) is 3.28. The zero-order chi connectivity index (χ0) is 11.5. The SMILES string of the molecule is C1=CCC(CNC2CCc3ccccc32)CC1. The van der Waals surface area contributed by atoms with Crippen molar-refractivity contribution in [3.8, 4) is 0 Å². The minimum absolute atomic E-state index is 0.608. The van der Waals surface area contributed by atoms with E-state index in [0.717, 1.165) is 5.92 Å². The lowest BCUT2D eigenvalue weighted by molar-refractivity contribution is 0.404. The summed E-state index contributed by atoms with van der Waals surface area (Å²) in [7, 11) is 0. The van der Waals surface area contributed by atoms with Gasteiger partial charge in [-0.25, -0.2) is 0 Å². The van der Waals surface area contributed by atoms with Crippen LogP contribution < -0.4 is 5.32 Å². The molecule has 2 unspecified atom stereocenters. The van der Waals surface area contributed by atoms with E-state index in [0.29, 0.717) is 6.04 Å². The molecule has 0 heterocycles. The van der Waals surface area contributed by atoms with Crippen LogP contribution in [0.2, 0.25) is 0 Å². The molecule has 2 aliphatic carbocycles. The summed E-state index contributed by atoms with van der Waals surface area (Å²) in [6, 6.07) is 9.51. The minimum atomic E-state index is 0.608. The quantitative estimate of drug-likeness (QED) is 0.778. The molecule has 0 fully saturated rings. The van der Waals surface area contributed by atoms with Crippen molar-refractivity contribution >= 4 is 0 Å². The molecule has 0 aromatic heterocycles. The highest BCUT2D eigenvalue weighted by Crippen LogP contribution is 2.31. The van der Waals surface area contributed by atoms with E-state index in [-0.39, 0.29) is 0 Å². The number of allylic oxidation sites excluding steroid dienone is 2. The second kappa shape index (κ2) is 5.05. The van der Waals surface area contributed by atoms with Crippen molar-refractivity contribution in [1.29, 1.82) is 0 Å². The summed E-state index contributed by atoms with van der Waals surface area (Å²) in [4.78, 5) is 0. The molecule has 1 heteroatoms. The molecule has 0 radical (unpaired) electrons. The molecule has 2 atom stereocenters. The molecule has 2 aliphatic rings. The molecule has 0 spiro atoms. The first-order valence-electron chi connectivity index (χ1n) is 6.89. The molecule has 17 heavy (non-hydrogen) atoms. The fourth-order valence-corrected chi connectivity index (χ4v) is 3.12. The Labute approximate surface area is 104 Å². The van der Waals surface area contributed by atoms with Crippen LogP contribution in [-0.4, -0.2) is 6.54 Å². The maximum atomic E-state index is 3.77. The minimum Gasteiger partial charge on any atom is -0.310 e. The van der Waals surface area contributed by atoms with Crippen molar-refractivity contribution in [3.63, 3.8) is 0 Å². The first kappa shape index (κ1) is 11.0. The Morgan fingerprint density at radius 2 is 2.06 bits per heavy atom. The molecular weight excluding hydrogens is 206 g/mol. The first-order chi connectivity index (χ1) is 8.43. The number of hydrogen-bond acceptors (Lipinski definition) is 1. The smallest absolute Gasteiger partial charge is 0.0326 e. The molecular formula is C16H21N. The van der Waals surface area contributed by atoms with Gasteiger partial charge in [0.1, 0.15) is 0 Å². The van der Waals surface area contributed by atoms with E-state index in [9.17, 15) is 0 Å². The zero-order valence-corrected chi connectivity index (χ0v) is 10.4. The van der Waals surface area contributed by atoms with Gasteiger partial charge in [-0.05, 0) is 55.7 Å². The zero-order valence-electron chi connectivity index (χ0n) is 10.4. The van der Waals surface area contributed by atoms with Crippen LogP contribution in [0.1, 0.15) is 42.9 Å². The van der Waals surface area contributed by atoms with Gasteiger partial charge >= 0.3 is 0 Å². The Hall–Kier alpha value is -1.08. The molecule has 1 nitrogen and oxygen atoms in total. The van der Waals surface area contributed by atoms with Crippen LogP contribution in [0, 0.1) is 5.92 Å². The number of aryl methyl sites for hydroxylation is 1. The van der Waals surface area contributed by atoms with Crippen LogP contribution >= 0.6 is 0 Å².